The van der Waals surface area contributed by atoms with Crippen molar-refractivity contribution < 1.29 is 24.7 Å². The van der Waals surface area contributed by atoms with Gasteiger partial charge in [0, 0.05) is 23.4 Å². The number of phenolic OH excluding ortho intramolecular Hbond substituents is 1. The Balaban J connectivity index is 1.93. The van der Waals surface area contributed by atoms with Crippen LogP contribution in [0.1, 0.15) is 42.5 Å². The number of non-ortho nitro benzene ring substituents is 1. The minimum absolute atomic E-state index is 0.0347. The van der Waals surface area contributed by atoms with Crippen LogP contribution in [0.25, 0.3) is 5.76 Å². The lowest BCUT2D eigenvalue weighted by atomic mass is 9.94. The Morgan fingerprint density at radius 3 is 2.29 bits per heavy atom. The molecular weight excluding hydrogens is 436 g/mol. The van der Waals surface area contributed by atoms with Gasteiger partial charge in [-0.1, -0.05) is 50.2 Å². The van der Waals surface area contributed by atoms with Crippen LogP contribution in [0.5, 0.6) is 5.75 Å². The van der Waals surface area contributed by atoms with Gasteiger partial charge in [0.15, 0.2) is 0 Å². The fourth-order valence-electron chi connectivity index (χ4n) is 4.05. The number of nitrogens with zero attached hydrogens (tertiary/aromatic N) is 2. The highest BCUT2D eigenvalue weighted by Crippen LogP contribution is 2.43. The number of Topliss-reactive ketones (excluding diaryl/α,β-unsaturated/α-hetero) is 1. The monoisotopic (exact) mass is 458 g/mol. The zero-order chi connectivity index (χ0) is 24.6. The number of carbonyl (C=O) groups excluding carboxylic acids is 2. The number of rotatable bonds is 5. The van der Waals surface area contributed by atoms with Gasteiger partial charge in [0.1, 0.15) is 11.5 Å². The minimum atomic E-state index is -1.05. The fraction of sp³-hybridized carbons (Fsp3) is 0.154. The van der Waals surface area contributed by atoms with E-state index in [0.717, 1.165) is 11.6 Å². The van der Waals surface area contributed by atoms with E-state index >= 15 is 0 Å². The third-order valence-electron chi connectivity index (χ3n) is 5.80. The van der Waals surface area contributed by atoms with E-state index in [0.29, 0.717) is 11.3 Å². The summed E-state index contributed by atoms with van der Waals surface area (Å²) in [5.74, 6) is -2.12. The Hall–Kier alpha value is -4.46. The number of aliphatic hydroxyl groups excluding tert-OH is 1. The molecule has 1 amide bonds. The first-order valence-corrected chi connectivity index (χ1v) is 10.6. The van der Waals surface area contributed by atoms with Crippen LogP contribution in [0, 0.1) is 10.1 Å². The van der Waals surface area contributed by atoms with Gasteiger partial charge < -0.3 is 10.2 Å². The number of anilines is 1. The smallest absolute Gasteiger partial charge is 0.300 e. The molecule has 4 rings (SSSR count). The van der Waals surface area contributed by atoms with E-state index in [4.69, 9.17) is 0 Å². The van der Waals surface area contributed by atoms with E-state index in [9.17, 15) is 29.9 Å². The van der Waals surface area contributed by atoms with Crippen molar-refractivity contribution in [3.05, 3.63) is 105 Å². The molecule has 1 fully saturated rings. The first-order chi connectivity index (χ1) is 16.2. The quantitative estimate of drug-likeness (QED) is 0.181. The number of hydrogen-bond acceptors (Lipinski definition) is 6. The van der Waals surface area contributed by atoms with Crippen molar-refractivity contribution in [1.29, 1.82) is 0 Å². The van der Waals surface area contributed by atoms with Crippen molar-refractivity contribution in [3.8, 4) is 5.75 Å². The van der Waals surface area contributed by atoms with E-state index in [2.05, 4.69) is 0 Å². The van der Waals surface area contributed by atoms with Gasteiger partial charge in [-0.05, 0) is 41.3 Å². The van der Waals surface area contributed by atoms with E-state index in [-0.39, 0.29) is 28.5 Å². The summed E-state index contributed by atoms with van der Waals surface area (Å²) < 4.78 is 0. The first-order valence-electron chi connectivity index (χ1n) is 10.6. The molecule has 34 heavy (non-hydrogen) atoms. The molecule has 1 saturated heterocycles. The number of ketones is 1. The number of aliphatic hydroxyl groups is 1. The molecule has 1 unspecified atom stereocenters. The molecule has 8 heteroatoms. The summed E-state index contributed by atoms with van der Waals surface area (Å²) in [6.07, 6.45) is 0. The Bertz CT molecular complexity index is 1330. The van der Waals surface area contributed by atoms with E-state index in [1.54, 1.807) is 24.3 Å². The maximum Gasteiger partial charge on any atom is 0.300 e. The van der Waals surface area contributed by atoms with Crippen LogP contribution in [0.2, 0.25) is 0 Å². The third kappa shape index (κ3) is 4.01. The van der Waals surface area contributed by atoms with Crippen molar-refractivity contribution in [2.45, 2.75) is 25.8 Å². The number of amides is 1. The lowest BCUT2D eigenvalue weighted by Crippen LogP contribution is -2.29. The average molecular weight is 458 g/mol. The fourth-order valence-corrected chi connectivity index (χ4v) is 4.05. The second kappa shape index (κ2) is 8.82. The molecule has 8 nitrogen and oxygen atoms in total. The van der Waals surface area contributed by atoms with Crippen LogP contribution < -0.4 is 4.90 Å². The van der Waals surface area contributed by atoms with Crippen LogP contribution in [0.3, 0.4) is 0 Å². The Kier molecular flexibility index (Phi) is 5.89. The Labute approximate surface area is 195 Å². The summed E-state index contributed by atoms with van der Waals surface area (Å²) in [5, 5.41) is 32.3. The Morgan fingerprint density at radius 1 is 1.00 bits per heavy atom. The summed E-state index contributed by atoms with van der Waals surface area (Å²) in [6, 6.07) is 17.4. The van der Waals surface area contributed by atoms with Gasteiger partial charge in [0.05, 0.1) is 16.5 Å². The highest BCUT2D eigenvalue weighted by atomic mass is 16.6. The van der Waals surface area contributed by atoms with Crippen molar-refractivity contribution in [2.75, 3.05) is 4.90 Å². The van der Waals surface area contributed by atoms with Crippen molar-refractivity contribution in [3.63, 3.8) is 0 Å². The predicted octanol–water partition coefficient (Wildman–Crippen LogP) is 5.05. The minimum Gasteiger partial charge on any atom is -0.508 e. The maximum absolute atomic E-state index is 13.2. The first kappa shape index (κ1) is 22.7. The summed E-state index contributed by atoms with van der Waals surface area (Å²) in [4.78, 5) is 38.2. The van der Waals surface area contributed by atoms with Gasteiger partial charge in [-0.15, -0.1) is 0 Å². The van der Waals surface area contributed by atoms with Crippen LogP contribution in [0.15, 0.2) is 78.4 Å². The molecule has 0 radical (unpaired) electrons. The number of nitro benzene ring substituents is 1. The summed E-state index contributed by atoms with van der Waals surface area (Å²) in [5.41, 5.74) is 1.44. The number of nitro groups is 1. The average Bonchev–Trinajstić information content (AvgIpc) is 3.09. The third-order valence-corrected chi connectivity index (χ3v) is 5.80. The summed E-state index contributed by atoms with van der Waals surface area (Å²) in [6.45, 7) is 4.07. The molecule has 3 aromatic rings. The predicted molar refractivity (Wildman–Crippen MR) is 127 cm³/mol. The van der Waals surface area contributed by atoms with Crippen LogP contribution in [-0.4, -0.2) is 26.8 Å². The molecule has 0 bridgehead atoms. The number of aromatic hydroxyl groups is 1. The van der Waals surface area contributed by atoms with E-state index in [1.165, 1.54) is 35.2 Å². The molecule has 1 aliphatic heterocycles. The molecule has 1 heterocycles. The number of phenols is 1. The second-order valence-corrected chi connectivity index (χ2v) is 8.32. The van der Waals surface area contributed by atoms with Crippen LogP contribution >= 0.6 is 0 Å². The largest absolute Gasteiger partial charge is 0.508 e. The number of hydrogen-bond donors (Lipinski definition) is 2. The zero-order valence-electron chi connectivity index (χ0n) is 18.5. The SMILES string of the molecule is CC(C)c1ccc(N2C(=O)C(=O)/C(=C(\O)c3cccc([N+](=O)[O-])c3)C2c2cccc(O)c2)cc1. The molecule has 2 N–H and O–H groups in total. The van der Waals surface area contributed by atoms with Crippen molar-refractivity contribution >= 4 is 28.8 Å². The number of carbonyl (C=O) groups is 2. The van der Waals surface area contributed by atoms with E-state index in [1.807, 2.05) is 26.0 Å². The van der Waals surface area contributed by atoms with Crippen LogP contribution in [-0.2, 0) is 9.59 Å². The molecule has 1 atom stereocenters. The standard InChI is InChI=1S/C26H22N2O6/c1-15(2)16-9-11-19(12-10-16)27-23(17-5-4-8-21(29)14-17)22(25(31)26(27)32)24(30)18-6-3-7-20(13-18)28(33)34/h3-15,23,29-30H,1-2H3/b24-22-. The molecule has 0 aromatic heterocycles. The van der Waals surface area contributed by atoms with Gasteiger partial charge in [0.25, 0.3) is 17.4 Å². The van der Waals surface area contributed by atoms with Gasteiger partial charge in [-0.3, -0.25) is 24.6 Å². The second-order valence-electron chi connectivity index (χ2n) is 8.32. The van der Waals surface area contributed by atoms with E-state index < -0.39 is 28.4 Å². The Morgan fingerprint density at radius 2 is 1.68 bits per heavy atom. The lowest BCUT2D eigenvalue weighted by molar-refractivity contribution is -0.384. The molecule has 0 spiro atoms. The summed E-state index contributed by atoms with van der Waals surface area (Å²) >= 11 is 0. The molecule has 0 saturated carbocycles. The molecule has 172 valence electrons. The maximum atomic E-state index is 13.2. The number of benzene rings is 3. The van der Waals surface area contributed by atoms with Crippen molar-refractivity contribution in [1.82, 2.24) is 0 Å². The lowest BCUT2D eigenvalue weighted by Gasteiger charge is -2.26. The topological polar surface area (TPSA) is 121 Å². The van der Waals surface area contributed by atoms with Gasteiger partial charge in [-0.2, -0.15) is 0 Å². The van der Waals surface area contributed by atoms with Crippen molar-refractivity contribution in [2.24, 2.45) is 0 Å². The molecule has 3 aromatic carbocycles. The van der Waals surface area contributed by atoms with Gasteiger partial charge in [-0.25, -0.2) is 0 Å². The van der Waals surface area contributed by atoms with Crippen LogP contribution in [0.4, 0.5) is 11.4 Å². The highest BCUT2D eigenvalue weighted by molar-refractivity contribution is 6.51. The molecule has 1 aliphatic rings. The highest BCUT2D eigenvalue weighted by Gasteiger charge is 2.47. The molecular formula is C26H22N2O6. The zero-order valence-corrected chi connectivity index (χ0v) is 18.5. The van der Waals surface area contributed by atoms with Gasteiger partial charge in [0.2, 0.25) is 0 Å². The normalized spacial score (nSPS) is 17.4. The molecule has 0 aliphatic carbocycles. The van der Waals surface area contributed by atoms with Gasteiger partial charge >= 0.3 is 0 Å². The summed E-state index contributed by atoms with van der Waals surface area (Å²) in [7, 11) is 0.